The molecule has 10 N–H and O–H groups in total. The van der Waals surface area contributed by atoms with Crippen molar-refractivity contribution in [3.63, 3.8) is 0 Å². The Morgan fingerprint density at radius 3 is 2.05 bits per heavy atom. The van der Waals surface area contributed by atoms with Crippen LogP contribution >= 0.6 is 0 Å². The van der Waals surface area contributed by atoms with Crippen LogP contribution in [0.2, 0.25) is 0 Å². The van der Waals surface area contributed by atoms with Crippen molar-refractivity contribution < 1.29 is 68.8 Å². The number of ether oxygens (including phenoxy) is 3. The van der Waals surface area contributed by atoms with E-state index in [0.29, 0.717) is 0 Å². The van der Waals surface area contributed by atoms with Gasteiger partial charge in [0.25, 0.3) is 0 Å². The van der Waals surface area contributed by atoms with E-state index in [4.69, 9.17) is 24.4 Å². The van der Waals surface area contributed by atoms with E-state index < -0.39 is 111 Å². The first-order valence-corrected chi connectivity index (χ1v) is 11.8. The number of rotatable bonds is 15. The summed E-state index contributed by atoms with van der Waals surface area (Å²) in [6, 6.07) is -1.58. The number of nitrogens with one attached hydrogen (secondary N) is 4. The lowest BCUT2D eigenvalue weighted by Gasteiger charge is -2.41. The Balaban J connectivity index is 2.90. The molecular weight excluding hydrogens is 532 g/mol. The summed E-state index contributed by atoms with van der Waals surface area (Å²) in [4.78, 5) is 59.3. The second kappa shape index (κ2) is 16.2. The summed E-state index contributed by atoms with van der Waals surface area (Å²) in [6.07, 6.45) is -12.8. The number of hydrogen-bond acceptors (Lipinski definition) is 13. The third-order valence-electron chi connectivity index (χ3n) is 5.10. The molecule has 0 radical (unpaired) electrons. The lowest BCUT2D eigenvalue weighted by molar-refractivity contribution is -0.312. The average molecular weight is 569 g/mol. The van der Waals surface area contributed by atoms with Gasteiger partial charge < -0.3 is 66.1 Å². The molecule has 0 aromatic rings. The Morgan fingerprint density at radius 2 is 1.51 bits per heavy atom. The first-order chi connectivity index (χ1) is 18.2. The second-order valence-corrected chi connectivity index (χ2v) is 8.74. The van der Waals surface area contributed by atoms with Crippen LogP contribution in [0.3, 0.4) is 0 Å². The van der Waals surface area contributed by atoms with Gasteiger partial charge in [0.05, 0.1) is 32.4 Å². The number of carbonyl (C=O) groups excluding carboxylic acids is 4. The largest absolute Gasteiger partial charge is 0.478 e. The molecule has 1 fully saturated rings. The molecule has 0 saturated carbocycles. The first-order valence-electron chi connectivity index (χ1n) is 11.8. The van der Waals surface area contributed by atoms with Crippen LogP contribution in [0.25, 0.3) is 0 Å². The molecule has 8 atom stereocenters. The fourth-order valence-electron chi connectivity index (χ4n) is 3.17. The number of aliphatic hydroxyl groups excluding tert-OH is 5. The molecular formula is C21H36N4O14. The highest BCUT2D eigenvalue weighted by Gasteiger charge is 2.47. The van der Waals surface area contributed by atoms with Crippen LogP contribution in [-0.2, 0) is 38.2 Å². The maximum atomic E-state index is 12.7. The molecule has 18 heteroatoms. The van der Waals surface area contributed by atoms with Crippen LogP contribution in [0.1, 0.15) is 20.8 Å². The van der Waals surface area contributed by atoms with Crippen LogP contribution in [-0.4, -0.2) is 142 Å². The highest BCUT2D eigenvalue weighted by atomic mass is 16.7. The molecule has 1 saturated heterocycles. The molecule has 18 nitrogen and oxygen atoms in total. The van der Waals surface area contributed by atoms with Crippen LogP contribution in [0.5, 0.6) is 0 Å². The number of amides is 4. The van der Waals surface area contributed by atoms with Crippen molar-refractivity contribution >= 4 is 29.6 Å². The van der Waals surface area contributed by atoms with Crippen molar-refractivity contribution in [2.75, 3.05) is 26.3 Å². The normalized spacial score (nSPS) is 25.2. The van der Waals surface area contributed by atoms with Gasteiger partial charge in [0.15, 0.2) is 6.29 Å². The molecule has 0 spiro atoms. The first kappa shape index (κ1) is 34.1. The molecule has 0 unspecified atom stereocenters. The van der Waals surface area contributed by atoms with E-state index in [1.165, 1.54) is 13.8 Å². The standard InChI is InChI=1S/C21H36N4O14/c1-8(2)38-19(20(35)36)25-13(30)5-23-18(34)10(24-12(29)4-22-9(3)27)7-37-21-16(33)14(31)15(32)17(39-21)11(28)6-26/h8,10-11,14-17,19,21,26,28,31-33H,4-7H2,1-3H3,(H,22,27)(H,23,34)(H,24,29)(H,25,30)(H,35,36)/t10-,11-,14-,15-,16-,17+,19-,21-/m0/s1. The maximum absolute atomic E-state index is 12.7. The Kier molecular flexibility index (Phi) is 14.2. The average Bonchev–Trinajstić information content (AvgIpc) is 2.86. The number of aliphatic carboxylic acids is 1. The molecule has 0 bridgehead atoms. The van der Waals surface area contributed by atoms with Gasteiger partial charge in [0, 0.05) is 6.92 Å². The molecule has 1 aliphatic rings. The van der Waals surface area contributed by atoms with Gasteiger partial charge in [0.1, 0.15) is 36.6 Å². The van der Waals surface area contributed by atoms with Gasteiger partial charge in [0.2, 0.25) is 29.9 Å². The fourth-order valence-corrected chi connectivity index (χ4v) is 3.17. The molecule has 1 rings (SSSR count). The van der Waals surface area contributed by atoms with Gasteiger partial charge in [-0.3, -0.25) is 19.2 Å². The summed E-state index contributed by atoms with van der Waals surface area (Å²) >= 11 is 0. The van der Waals surface area contributed by atoms with Gasteiger partial charge in [-0.05, 0) is 13.8 Å². The molecule has 0 aromatic heterocycles. The zero-order valence-electron chi connectivity index (χ0n) is 21.5. The van der Waals surface area contributed by atoms with Crippen molar-refractivity contribution in [1.29, 1.82) is 0 Å². The molecule has 0 aromatic carbocycles. The molecule has 1 heterocycles. The van der Waals surface area contributed by atoms with E-state index in [9.17, 15) is 44.4 Å². The zero-order valence-corrected chi connectivity index (χ0v) is 21.5. The van der Waals surface area contributed by atoms with Crippen LogP contribution in [0.4, 0.5) is 0 Å². The second-order valence-electron chi connectivity index (χ2n) is 8.74. The Bertz CT molecular complexity index is 858. The maximum Gasteiger partial charge on any atom is 0.354 e. The predicted molar refractivity (Wildman–Crippen MR) is 125 cm³/mol. The van der Waals surface area contributed by atoms with Crippen LogP contribution in [0.15, 0.2) is 0 Å². The van der Waals surface area contributed by atoms with Gasteiger partial charge in [-0.1, -0.05) is 0 Å². The predicted octanol–water partition coefficient (Wildman–Crippen LogP) is -6.15. The molecule has 224 valence electrons. The SMILES string of the molecule is CC(=O)NCC(=O)N[C@@H](CO[C@H]1O[C@H]([C@@H](O)CO)[C@@H](O)[C@H](O)[C@@H]1O)C(=O)NCC(=O)N[C@@H](OC(C)C)C(=O)O. The van der Waals surface area contributed by atoms with Crippen LogP contribution in [0, 0.1) is 0 Å². The Labute approximate surface area is 222 Å². The van der Waals surface area contributed by atoms with E-state index >= 15 is 0 Å². The highest BCUT2D eigenvalue weighted by molar-refractivity contribution is 5.92. The van der Waals surface area contributed by atoms with E-state index in [1.807, 2.05) is 5.32 Å². The lowest BCUT2D eigenvalue weighted by atomic mass is 9.95. The number of carboxylic acid groups (broad SMARTS) is 1. The van der Waals surface area contributed by atoms with Gasteiger partial charge in [-0.2, -0.15) is 0 Å². The number of carbonyl (C=O) groups is 5. The Morgan fingerprint density at radius 1 is 0.923 bits per heavy atom. The minimum absolute atomic E-state index is 0.537. The van der Waals surface area contributed by atoms with Crippen molar-refractivity contribution in [1.82, 2.24) is 21.3 Å². The Hall–Kier alpha value is -2.97. The third-order valence-corrected chi connectivity index (χ3v) is 5.10. The topological polar surface area (TPSA) is 283 Å². The number of aliphatic hydroxyl groups is 5. The van der Waals surface area contributed by atoms with E-state index in [2.05, 4.69) is 16.0 Å². The minimum Gasteiger partial charge on any atom is -0.478 e. The van der Waals surface area contributed by atoms with E-state index in [0.717, 1.165) is 6.92 Å². The summed E-state index contributed by atoms with van der Waals surface area (Å²) < 4.78 is 15.6. The monoisotopic (exact) mass is 568 g/mol. The third kappa shape index (κ3) is 11.3. The quantitative estimate of drug-likeness (QED) is 0.0823. The molecule has 1 aliphatic heterocycles. The van der Waals surface area contributed by atoms with Gasteiger partial charge in [-0.25, -0.2) is 4.79 Å². The summed E-state index contributed by atoms with van der Waals surface area (Å²) in [7, 11) is 0. The number of carboxylic acids is 1. The number of hydrogen-bond donors (Lipinski definition) is 10. The molecule has 39 heavy (non-hydrogen) atoms. The van der Waals surface area contributed by atoms with Crippen LogP contribution < -0.4 is 21.3 Å². The summed E-state index contributed by atoms with van der Waals surface area (Å²) in [5.41, 5.74) is 0. The lowest BCUT2D eigenvalue weighted by Crippen LogP contribution is -2.62. The van der Waals surface area contributed by atoms with E-state index in [-0.39, 0.29) is 0 Å². The zero-order chi connectivity index (χ0) is 29.9. The van der Waals surface area contributed by atoms with Gasteiger partial charge in [-0.15, -0.1) is 0 Å². The van der Waals surface area contributed by atoms with Crippen molar-refractivity contribution in [3.05, 3.63) is 0 Å². The summed E-state index contributed by atoms with van der Waals surface area (Å²) in [5.74, 6) is -4.86. The van der Waals surface area contributed by atoms with Crippen molar-refractivity contribution in [2.45, 2.75) is 76.0 Å². The van der Waals surface area contributed by atoms with E-state index in [1.54, 1.807) is 0 Å². The smallest absolute Gasteiger partial charge is 0.354 e. The minimum atomic E-state index is -1.88. The van der Waals surface area contributed by atoms with Crippen molar-refractivity contribution in [2.24, 2.45) is 0 Å². The molecule has 4 amide bonds. The van der Waals surface area contributed by atoms with Gasteiger partial charge >= 0.3 is 5.97 Å². The summed E-state index contributed by atoms with van der Waals surface area (Å²) in [5, 5.41) is 66.9. The fraction of sp³-hybridized carbons (Fsp3) is 0.762. The highest BCUT2D eigenvalue weighted by Crippen LogP contribution is 2.24. The van der Waals surface area contributed by atoms with Crippen molar-refractivity contribution in [3.8, 4) is 0 Å². The summed E-state index contributed by atoms with van der Waals surface area (Å²) in [6.45, 7) is 1.32. The molecule has 0 aliphatic carbocycles.